The molecule has 0 radical (unpaired) electrons. The molecule has 2 rings (SSSR count). The summed E-state index contributed by atoms with van der Waals surface area (Å²) in [5, 5.41) is 10.2. The van der Waals surface area contributed by atoms with Crippen molar-refractivity contribution >= 4 is 5.96 Å². The third-order valence-electron chi connectivity index (χ3n) is 3.09. The molecule has 1 aromatic heterocycles. The highest BCUT2D eigenvalue weighted by molar-refractivity contribution is 5.79. The number of methoxy groups -OCH3 is 2. The summed E-state index contributed by atoms with van der Waals surface area (Å²) in [6.07, 6.45) is 1.54. The van der Waals surface area contributed by atoms with Crippen molar-refractivity contribution in [3.05, 3.63) is 41.8 Å². The first-order valence-corrected chi connectivity index (χ1v) is 6.81. The number of nitrogens with one attached hydrogen (secondary N) is 2. The van der Waals surface area contributed by atoms with Crippen LogP contribution in [0, 0.1) is 0 Å². The molecule has 0 saturated heterocycles. The van der Waals surface area contributed by atoms with E-state index < -0.39 is 0 Å². The second-order valence-corrected chi connectivity index (χ2v) is 4.45. The molecular weight excluding hydrogens is 284 g/mol. The zero-order valence-corrected chi connectivity index (χ0v) is 12.9. The molecule has 0 unspecified atom stereocenters. The lowest BCUT2D eigenvalue weighted by Crippen LogP contribution is -2.36. The highest BCUT2D eigenvalue weighted by Gasteiger charge is 2.06. The van der Waals surface area contributed by atoms with E-state index in [2.05, 4.69) is 20.8 Å². The number of ether oxygens (including phenoxy) is 2. The molecule has 1 heterocycles. The normalized spacial score (nSPS) is 11.1. The Kier molecular flexibility index (Phi) is 5.65. The number of benzene rings is 1. The molecule has 0 bridgehead atoms. The van der Waals surface area contributed by atoms with E-state index in [-0.39, 0.29) is 0 Å². The van der Waals surface area contributed by atoms with E-state index in [0.29, 0.717) is 19.0 Å². The van der Waals surface area contributed by atoms with Crippen molar-refractivity contribution in [1.29, 1.82) is 0 Å². The molecule has 0 atom stereocenters. The minimum absolute atomic E-state index is 0.538. The summed E-state index contributed by atoms with van der Waals surface area (Å²) in [5.74, 6) is 2.19. The summed E-state index contributed by atoms with van der Waals surface area (Å²) in [6.45, 7) is 1.11. The van der Waals surface area contributed by atoms with Gasteiger partial charge in [-0.15, -0.1) is 0 Å². The van der Waals surface area contributed by atoms with E-state index in [1.807, 2.05) is 18.2 Å². The molecule has 2 N–H and O–H groups in total. The number of aliphatic imine (C=N–C) groups is 1. The van der Waals surface area contributed by atoms with Crippen molar-refractivity contribution in [2.45, 2.75) is 13.1 Å². The third-order valence-corrected chi connectivity index (χ3v) is 3.09. The predicted octanol–water partition coefficient (Wildman–Crippen LogP) is 1.56. The molecule has 118 valence electrons. The molecule has 22 heavy (non-hydrogen) atoms. The van der Waals surface area contributed by atoms with E-state index in [9.17, 15) is 0 Å². The maximum atomic E-state index is 5.37. The molecule has 7 nitrogen and oxygen atoms in total. The highest BCUT2D eigenvalue weighted by atomic mass is 16.5. The number of hydrogen-bond donors (Lipinski definition) is 2. The molecule has 0 aliphatic carbocycles. The number of aromatic nitrogens is 1. The van der Waals surface area contributed by atoms with Gasteiger partial charge < -0.3 is 24.6 Å². The zero-order chi connectivity index (χ0) is 15.8. The lowest BCUT2D eigenvalue weighted by Gasteiger charge is -2.14. The first-order chi connectivity index (χ1) is 10.8. The minimum Gasteiger partial charge on any atom is -0.497 e. The second kappa shape index (κ2) is 7.92. The molecular formula is C15H20N4O3. The van der Waals surface area contributed by atoms with Crippen LogP contribution in [0.3, 0.4) is 0 Å². The summed E-state index contributed by atoms with van der Waals surface area (Å²) in [5.41, 5.74) is 1.82. The van der Waals surface area contributed by atoms with E-state index in [1.165, 1.54) is 6.26 Å². The van der Waals surface area contributed by atoms with Crippen LogP contribution in [0.1, 0.15) is 11.3 Å². The first kappa shape index (κ1) is 15.7. The molecule has 2 aromatic rings. The van der Waals surface area contributed by atoms with Gasteiger partial charge in [0.1, 0.15) is 23.5 Å². The fourth-order valence-corrected chi connectivity index (χ4v) is 1.90. The molecule has 0 amide bonds. The van der Waals surface area contributed by atoms with Gasteiger partial charge in [0.25, 0.3) is 0 Å². The number of hydrogen-bond acceptors (Lipinski definition) is 5. The first-order valence-electron chi connectivity index (χ1n) is 6.81. The van der Waals surface area contributed by atoms with Crippen LogP contribution in [0.15, 0.2) is 40.0 Å². The summed E-state index contributed by atoms with van der Waals surface area (Å²) >= 11 is 0. The molecule has 0 spiro atoms. The van der Waals surface area contributed by atoms with Crippen LogP contribution in [0.2, 0.25) is 0 Å². The van der Waals surface area contributed by atoms with Gasteiger partial charge in [-0.1, -0.05) is 5.16 Å². The molecule has 0 aliphatic rings. The summed E-state index contributed by atoms with van der Waals surface area (Å²) in [7, 11) is 4.97. The molecule has 0 aliphatic heterocycles. The van der Waals surface area contributed by atoms with E-state index in [0.717, 1.165) is 22.8 Å². The Labute approximate surface area is 129 Å². The fourth-order valence-electron chi connectivity index (χ4n) is 1.90. The Morgan fingerprint density at radius 2 is 2.00 bits per heavy atom. The Hall–Kier alpha value is -2.70. The lowest BCUT2D eigenvalue weighted by molar-refractivity contribution is 0.390. The van der Waals surface area contributed by atoms with Crippen molar-refractivity contribution in [3.8, 4) is 11.5 Å². The monoisotopic (exact) mass is 304 g/mol. The average molecular weight is 304 g/mol. The van der Waals surface area contributed by atoms with Gasteiger partial charge in [0.05, 0.1) is 20.8 Å². The van der Waals surface area contributed by atoms with Gasteiger partial charge in [0, 0.05) is 31.3 Å². The third kappa shape index (κ3) is 4.15. The van der Waals surface area contributed by atoms with Gasteiger partial charge in [0.2, 0.25) is 0 Å². The van der Waals surface area contributed by atoms with Gasteiger partial charge >= 0.3 is 0 Å². The fraction of sp³-hybridized carbons (Fsp3) is 0.333. The van der Waals surface area contributed by atoms with Crippen LogP contribution < -0.4 is 20.1 Å². The van der Waals surface area contributed by atoms with Crippen molar-refractivity contribution in [3.63, 3.8) is 0 Å². The van der Waals surface area contributed by atoms with Crippen LogP contribution in [-0.2, 0) is 13.1 Å². The van der Waals surface area contributed by atoms with Crippen molar-refractivity contribution < 1.29 is 14.0 Å². The van der Waals surface area contributed by atoms with E-state index in [1.54, 1.807) is 27.3 Å². The van der Waals surface area contributed by atoms with Gasteiger partial charge in [0.15, 0.2) is 5.96 Å². The smallest absolute Gasteiger partial charge is 0.191 e. The number of guanidine groups is 1. The van der Waals surface area contributed by atoms with Crippen LogP contribution in [0.4, 0.5) is 0 Å². The van der Waals surface area contributed by atoms with Gasteiger partial charge in [-0.2, -0.15) is 0 Å². The second-order valence-electron chi connectivity index (χ2n) is 4.45. The van der Waals surface area contributed by atoms with Crippen molar-refractivity contribution in [2.24, 2.45) is 4.99 Å². The lowest BCUT2D eigenvalue weighted by atomic mass is 10.2. The van der Waals surface area contributed by atoms with Crippen LogP contribution in [0.25, 0.3) is 0 Å². The van der Waals surface area contributed by atoms with Crippen LogP contribution >= 0.6 is 0 Å². The van der Waals surface area contributed by atoms with Gasteiger partial charge in [-0.3, -0.25) is 4.99 Å². The summed E-state index contributed by atoms with van der Waals surface area (Å²) < 4.78 is 15.3. The quantitative estimate of drug-likeness (QED) is 0.622. The maximum absolute atomic E-state index is 5.37. The molecule has 0 fully saturated rings. The average Bonchev–Trinajstić information content (AvgIpc) is 3.08. The van der Waals surface area contributed by atoms with Crippen LogP contribution in [0.5, 0.6) is 11.5 Å². The maximum Gasteiger partial charge on any atom is 0.191 e. The molecule has 7 heteroatoms. The Bertz CT molecular complexity index is 611. The SMILES string of the molecule is CN=C(NCc1ccon1)NCc1ccc(OC)cc1OC. The Balaban J connectivity index is 1.92. The standard InChI is InChI=1S/C15H20N4O3/c1-16-15(18-10-12-6-7-22-19-12)17-9-11-4-5-13(20-2)8-14(11)21-3/h4-8H,9-10H2,1-3H3,(H2,16,17,18). The largest absolute Gasteiger partial charge is 0.497 e. The zero-order valence-electron chi connectivity index (χ0n) is 12.9. The Morgan fingerprint density at radius 1 is 1.18 bits per heavy atom. The number of rotatable bonds is 6. The van der Waals surface area contributed by atoms with Crippen molar-refractivity contribution in [2.75, 3.05) is 21.3 Å². The van der Waals surface area contributed by atoms with Crippen LogP contribution in [-0.4, -0.2) is 32.4 Å². The Morgan fingerprint density at radius 3 is 2.64 bits per heavy atom. The topological polar surface area (TPSA) is 80.9 Å². The summed E-state index contributed by atoms with van der Waals surface area (Å²) in [4.78, 5) is 4.16. The van der Waals surface area contributed by atoms with Gasteiger partial charge in [-0.25, -0.2) is 0 Å². The van der Waals surface area contributed by atoms with Crippen molar-refractivity contribution in [1.82, 2.24) is 15.8 Å². The minimum atomic E-state index is 0.538. The summed E-state index contributed by atoms with van der Waals surface area (Å²) in [6, 6.07) is 7.50. The van der Waals surface area contributed by atoms with Gasteiger partial charge in [-0.05, 0) is 12.1 Å². The molecule has 0 saturated carbocycles. The van der Waals surface area contributed by atoms with E-state index >= 15 is 0 Å². The predicted molar refractivity (Wildman–Crippen MR) is 83.1 cm³/mol. The molecule has 1 aromatic carbocycles. The highest BCUT2D eigenvalue weighted by Crippen LogP contribution is 2.24. The number of nitrogens with zero attached hydrogens (tertiary/aromatic N) is 2. The van der Waals surface area contributed by atoms with E-state index in [4.69, 9.17) is 14.0 Å².